The average molecular weight is 420 g/mol. The van der Waals surface area contributed by atoms with Crippen molar-refractivity contribution < 1.29 is 54.8 Å². The lowest BCUT2D eigenvalue weighted by molar-refractivity contribution is -0.341. The number of terminal acetylenes is 1. The van der Waals surface area contributed by atoms with Crippen molar-refractivity contribution in [1.29, 1.82) is 0 Å². The summed E-state index contributed by atoms with van der Waals surface area (Å²) in [6, 6.07) is 0. The van der Waals surface area contributed by atoms with Crippen molar-refractivity contribution in [1.82, 2.24) is 0 Å². The van der Waals surface area contributed by atoms with Crippen molar-refractivity contribution in [2.45, 2.75) is 80.5 Å². The van der Waals surface area contributed by atoms with Gasteiger partial charge < -0.3 is 50.0 Å². The molecule has 29 heavy (non-hydrogen) atoms. The van der Waals surface area contributed by atoms with Crippen LogP contribution in [-0.4, -0.2) is 116 Å². The molecule has 0 spiro atoms. The van der Waals surface area contributed by atoms with Gasteiger partial charge in [-0.05, 0) is 0 Å². The van der Waals surface area contributed by atoms with Crippen LogP contribution in [0.2, 0.25) is 0 Å². The van der Waals surface area contributed by atoms with Crippen LogP contribution < -0.4 is 0 Å². The number of hydrogen-bond donors (Lipinski definition) is 7. The van der Waals surface area contributed by atoms with Crippen molar-refractivity contribution >= 4 is 5.78 Å². The van der Waals surface area contributed by atoms with Gasteiger partial charge in [-0.25, -0.2) is 0 Å². The van der Waals surface area contributed by atoms with E-state index in [0.717, 1.165) is 0 Å². The van der Waals surface area contributed by atoms with Gasteiger partial charge in [0, 0.05) is 19.3 Å². The number of rotatable bonds is 8. The van der Waals surface area contributed by atoms with Gasteiger partial charge in [0.25, 0.3) is 0 Å². The molecule has 2 aliphatic heterocycles. The lowest BCUT2D eigenvalue weighted by Gasteiger charge is -2.46. The third kappa shape index (κ3) is 5.50. The molecule has 2 rings (SSSR count). The zero-order chi connectivity index (χ0) is 21.7. The Labute approximate surface area is 167 Å². The van der Waals surface area contributed by atoms with Crippen molar-refractivity contribution in [3.63, 3.8) is 0 Å². The summed E-state index contributed by atoms with van der Waals surface area (Å²) in [6.07, 6.45) is -9.57. The van der Waals surface area contributed by atoms with Crippen LogP contribution in [0.5, 0.6) is 0 Å². The average Bonchev–Trinajstić information content (AvgIpc) is 2.71. The predicted molar refractivity (Wildman–Crippen MR) is 94.1 cm³/mol. The molecule has 11 heteroatoms. The van der Waals surface area contributed by atoms with Crippen LogP contribution in [0, 0.1) is 12.3 Å². The molecule has 2 aliphatic rings. The Kier molecular flexibility index (Phi) is 8.92. The van der Waals surface area contributed by atoms with Crippen LogP contribution in [0.1, 0.15) is 19.3 Å². The Balaban J connectivity index is 2.07. The molecule has 0 aromatic rings. The number of carbonyl (C=O) groups excluding carboxylic acids is 1. The molecule has 10 atom stereocenters. The number of aliphatic hydroxyl groups excluding tert-OH is 7. The second-order valence-electron chi connectivity index (χ2n) is 7.12. The van der Waals surface area contributed by atoms with Gasteiger partial charge in [-0.2, -0.15) is 0 Å². The second kappa shape index (κ2) is 10.7. The van der Waals surface area contributed by atoms with E-state index in [1.807, 2.05) is 0 Å². The molecule has 11 nitrogen and oxygen atoms in total. The summed E-state index contributed by atoms with van der Waals surface area (Å²) in [5.41, 5.74) is 0. The van der Waals surface area contributed by atoms with Crippen LogP contribution in [0.25, 0.3) is 0 Å². The van der Waals surface area contributed by atoms with Gasteiger partial charge in [0.2, 0.25) is 0 Å². The highest BCUT2D eigenvalue weighted by atomic mass is 16.7. The minimum Gasteiger partial charge on any atom is -0.394 e. The van der Waals surface area contributed by atoms with Gasteiger partial charge in [-0.3, -0.25) is 4.79 Å². The zero-order valence-corrected chi connectivity index (χ0v) is 15.6. The standard InChI is InChI=1S/C18H28O11/c1-2-3-4-8(21)5-9-12(22)15(25)17(11(7-20)27-9)29-18-16(26)14(24)13(23)10(6-19)28-18/h1,9-20,22-26H,3-7H2/t9-,10+,11+,12-,13-,14-,15+,16+,17+,18-/m0/s1. The van der Waals surface area contributed by atoms with E-state index in [0.29, 0.717) is 0 Å². The van der Waals surface area contributed by atoms with E-state index in [4.69, 9.17) is 20.6 Å². The SMILES string of the molecule is C#CCCC(=O)C[C@@H]1O[C@H](CO)[C@@H](O[C@@H]2O[C@H](CO)[C@H](O)[C@H](O)[C@H]2O)[C@H](O)[C@H]1O. The van der Waals surface area contributed by atoms with Crippen LogP contribution in [-0.2, 0) is 19.0 Å². The molecule has 2 fully saturated rings. The van der Waals surface area contributed by atoms with Crippen LogP contribution in [0.15, 0.2) is 0 Å². The molecule has 2 heterocycles. The van der Waals surface area contributed by atoms with Gasteiger partial charge in [0.1, 0.15) is 54.6 Å². The van der Waals surface area contributed by atoms with E-state index < -0.39 is 74.4 Å². The van der Waals surface area contributed by atoms with E-state index in [1.165, 1.54) is 0 Å². The molecule has 0 saturated carbocycles. The minimum absolute atomic E-state index is 0.0771. The second-order valence-corrected chi connectivity index (χ2v) is 7.12. The molecule has 0 radical (unpaired) electrons. The maximum Gasteiger partial charge on any atom is 0.187 e. The Morgan fingerprint density at radius 2 is 1.48 bits per heavy atom. The normalized spacial score (nSPS) is 43.0. The molecule has 0 aromatic heterocycles. The van der Waals surface area contributed by atoms with Crippen molar-refractivity contribution in [3.8, 4) is 12.3 Å². The van der Waals surface area contributed by atoms with Gasteiger partial charge in [-0.15, -0.1) is 12.3 Å². The highest BCUT2D eigenvalue weighted by Gasteiger charge is 2.50. The minimum atomic E-state index is -1.74. The topological polar surface area (TPSA) is 186 Å². The lowest BCUT2D eigenvalue weighted by Crippen LogP contribution is -2.64. The first-order valence-electron chi connectivity index (χ1n) is 9.28. The Morgan fingerprint density at radius 1 is 0.862 bits per heavy atom. The zero-order valence-electron chi connectivity index (χ0n) is 15.6. The maximum absolute atomic E-state index is 11.9. The molecule has 0 amide bonds. The molecular weight excluding hydrogens is 392 g/mol. The molecule has 0 unspecified atom stereocenters. The van der Waals surface area contributed by atoms with Crippen molar-refractivity contribution in [2.75, 3.05) is 13.2 Å². The first kappa shape index (κ1) is 24.1. The number of aliphatic hydroxyl groups is 7. The first-order chi connectivity index (χ1) is 13.7. The molecular formula is C18H28O11. The molecule has 0 aliphatic carbocycles. The first-order valence-corrected chi connectivity index (χ1v) is 9.28. The summed E-state index contributed by atoms with van der Waals surface area (Å²) in [6.45, 7) is -1.33. The molecule has 166 valence electrons. The fraction of sp³-hybridized carbons (Fsp3) is 0.833. The van der Waals surface area contributed by atoms with E-state index in [9.17, 15) is 40.5 Å². The van der Waals surface area contributed by atoms with Gasteiger partial charge in [-0.1, -0.05) is 0 Å². The molecule has 2 saturated heterocycles. The smallest absolute Gasteiger partial charge is 0.187 e. The Bertz CT molecular complexity index is 575. The Morgan fingerprint density at radius 3 is 2.07 bits per heavy atom. The fourth-order valence-corrected chi connectivity index (χ4v) is 3.37. The summed E-state index contributed by atoms with van der Waals surface area (Å²) in [7, 11) is 0. The van der Waals surface area contributed by atoms with E-state index in [2.05, 4.69) is 5.92 Å². The number of Topliss-reactive ketones (excluding diaryl/α,β-unsaturated/α-hetero) is 1. The Hall–Kier alpha value is -1.17. The van der Waals surface area contributed by atoms with E-state index >= 15 is 0 Å². The highest BCUT2D eigenvalue weighted by molar-refractivity contribution is 5.79. The largest absolute Gasteiger partial charge is 0.394 e. The summed E-state index contributed by atoms with van der Waals surface area (Å²) < 4.78 is 16.2. The van der Waals surface area contributed by atoms with Gasteiger partial charge in [0.15, 0.2) is 6.29 Å². The summed E-state index contributed by atoms with van der Waals surface area (Å²) in [5.74, 6) is 2.03. The molecule has 0 bridgehead atoms. The third-order valence-electron chi connectivity index (χ3n) is 5.08. The van der Waals surface area contributed by atoms with E-state index in [1.54, 1.807) is 0 Å². The fourth-order valence-electron chi connectivity index (χ4n) is 3.37. The quantitative estimate of drug-likeness (QED) is 0.190. The number of ether oxygens (including phenoxy) is 3. The highest BCUT2D eigenvalue weighted by Crippen LogP contribution is 2.30. The monoisotopic (exact) mass is 420 g/mol. The maximum atomic E-state index is 11.9. The predicted octanol–water partition coefficient (Wildman–Crippen LogP) is -3.97. The number of hydrogen-bond acceptors (Lipinski definition) is 11. The summed E-state index contributed by atoms with van der Waals surface area (Å²) >= 11 is 0. The van der Waals surface area contributed by atoms with Gasteiger partial charge >= 0.3 is 0 Å². The molecule has 7 N–H and O–H groups in total. The van der Waals surface area contributed by atoms with Crippen LogP contribution in [0.3, 0.4) is 0 Å². The number of carbonyl (C=O) groups is 1. The van der Waals surface area contributed by atoms with Crippen LogP contribution in [0.4, 0.5) is 0 Å². The van der Waals surface area contributed by atoms with Crippen molar-refractivity contribution in [2.24, 2.45) is 0 Å². The van der Waals surface area contributed by atoms with Crippen molar-refractivity contribution in [3.05, 3.63) is 0 Å². The van der Waals surface area contributed by atoms with E-state index in [-0.39, 0.29) is 25.0 Å². The summed E-state index contributed by atoms with van der Waals surface area (Å²) in [4.78, 5) is 11.9. The lowest BCUT2D eigenvalue weighted by atomic mass is 9.91. The number of ketones is 1. The summed E-state index contributed by atoms with van der Waals surface area (Å²) in [5, 5.41) is 69.3. The molecule has 0 aromatic carbocycles. The van der Waals surface area contributed by atoms with Crippen LogP contribution >= 0.6 is 0 Å². The van der Waals surface area contributed by atoms with Gasteiger partial charge in [0.05, 0.1) is 19.3 Å². The third-order valence-corrected chi connectivity index (χ3v) is 5.08.